The number of nitrogens with zero attached hydrogens (tertiary/aromatic N) is 1. The van der Waals surface area contributed by atoms with Crippen molar-refractivity contribution in [1.82, 2.24) is 4.57 Å². The molecular formula is C15H22N2. The lowest BCUT2D eigenvalue weighted by Crippen LogP contribution is -2.17. The molecule has 1 heterocycles. The van der Waals surface area contributed by atoms with Gasteiger partial charge in [-0.05, 0) is 44.4 Å². The molecule has 0 amide bonds. The summed E-state index contributed by atoms with van der Waals surface area (Å²) in [5.74, 6) is 0. The van der Waals surface area contributed by atoms with E-state index in [0.29, 0.717) is 0 Å². The number of benzene rings is 1. The summed E-state index contributed by atoms with van der Waals surface area (Å²) < 4.78 is 2.35. The molecule has 2 aromatic rings. The van der Waals surface area contributed by atoms with Crippen molar-refractivity contribution in [2.24, 2.45) is 5.73 Å². The zero-order valence-corrected chi connectivity index (χ0v) is 11.0. The molecule has 0 fully saturated rings. The van der Waals surface area contributed by atoms with Crippen LogP contribution < -0.4 is 5.73 Å². The van der Waals surface area contributed by atoms with Crippen LogP contribution in [0.25, 0.3) is 10.9 Å². The molecule has 0 aliphatic heterocycles. The van der Waals surface area contributed by atoms with E-state index in [4.69, 9.17) is 5.73 Å². The van der Waals surface area contributed by atoms with Crippen LogP contribution in [0, 0.1) is 6.92 Å². The van der Waals surface area contributed by atoms with E-state index in [1.165, 1.54) is 22.0 Å². The molecule has 1 aromatic carbocycles. The summed E-state index contributed by atoms with van der Waals surface area (Å²) in [5.41, 5.74) is 9.97. The van der Waals surface area contributed by atoms with Gasteiger partial charge in [0.25, 0.3) is 0 Å². The first kappa shape index (κ1) is 12.2. The van der Waals surface area contributed by atoms with E-state index in [1.807, 2.05) is 0 Å². The fourth-order valence-corrected chi connectivity index (χ4v) is 2.42. The van der Waals surface area contributed by atoms with E-state index < -0.39 is 0 Å². The summed E-state index contributed by atoms with van der Waals surface area (Å²) in [4.78, 5) is 0. The van der Waals surface area contributed by atoms with Crippen LogP contribution in [0.1, 0.15) is 31.4 Å². The maximum atomic E-state index is 5.93. The molecule has 0 spiro atoms. The number of nitrogens with two attached hydrogens (primary N) is 1. The van der Waals surface area contributed by atoms with Gasteiger partial charge < -0.3 is 10.3 Å². The molecule has 2 heteroatoms. The van der Waals surface area contributed by atoms with Crippen LogP contribution in [0.2, 0.25) is 0 Å². The highest BCUT2D eigenvalue weighted by molar-refractivity contribution is 5.84. The van der Waals surface area contributed by atoms with Gasteiger partial charge >= 0.3 is 0 Å². The number of hydrogen-bond acceptors (Lipinski definition) is 1. The molecule has 0 aliphatic carbocycles. The standard InChI is InChI=1S/C15H22N2/c1-4-7-17-10-13(9-12(3)16)14-8-11(2)5-6-15(14)17/h5-6,8,10,12H,4,7,9,16H2,1-3H3. The fourth-order valence-electron chi connectivity index (χ4n) is 2.42. The zero-order chi connectivity index (χ0) is 12.4. The number of aryl methyl sites for hydroxylation is 2. The average Bonchev–Trinajstić information content (AvgIpc) is 2.56. The van der Waals surface area contributed by atoms with Crippen LogP contribution in [-0.4, -0.2) is 10.6 Å². The van der Waals surface area contributed by atoms with Crippen LogP contribution in [0.5, 0.6) is 0 Å². The molecule has 2 rings (SSSR count). The monoisotopic (exact) mass is 230 g/mol. The van der Waals surface area contributed by atoms with Crippen molar-refractivity contribution < 1.29 is 0 Å². The molecule has 0 radical (unpaired) electrons. The number of hydrogen-bond donors (Lipinski definition) is 1. The van der Waals surface area contributed by atoms with E-state index >= 15 is 0 Å². The van der Waals surface area contributed by atoms with Gasteiger partial charge in [0.1, 0.15) is 0 Å². The Balaban J connectivity index is 2.54. The van der Waals surface area contributed by atoms with E-state index in [9.17, 15) is 0 Å². The highest BCUT2D eigenvalue weighted by Gasteiger charge is 2.09. The molecule has 1 aromatic heterocycles. The van der Waals surface area contributed by atoms with Gasteiger partial charge in [-0.25, -0.2) is 0 Å². The zero-order valence-electron chi connectivity index (χ0n) is 11.0. The Morgan fingerprint density at radius 3 is 2.76 bits per heavy atom. The van der Waals surface area contributed by atoms with Crippen molar-refractivity contribution in [2.75, 3.05) is 0 Å². The smallest absolute Gasteiger partial charge is 0.0483 e. The summed E-state index contributed by atoms with van der Waals surface area (Å²) in [6, 6.07) is 6.91. The van der Waals surface area contributed by atoms with Crippen molar-refractivity contribution in [1.29, 1.82) is 0 Å². The van der Waals surface area contributed by atoms with Gasteiger partial charge in [-0.1, -0.05) is 18.6 Å². The highest BCUT2D eigenvalue weighted by Crippen LogP contribution is 2.24. The van der Waals surface area contributed by atoms with Gasteiger partial charge in [0.05, 0.1) is 0 Å². The van der Waals surface area contributed by atoms with Gasteiger partial charge in [0, 0.05) is 29.7 Å². The average molecular weight is 230 g/mol. The van der Waals surface area contributed by atoms with Crippen LogP contribution in [0.4, 0.5) is 0 Å². The molecule has 2 nitrogen and oxygen atoms in total. The minimum absolute atomic E-state index is 0.219. The second-order valence-corrected chi connectivity index (χ2v) is 5.05. The van der Waals surface area contributed by atoms with Gasteiger partial charge in [0.15, 0.2) is 0 Å². The van der Waals surface area contributed by atoms with Crippen LogP contribution >= 0.6 is 0 Å². The van der Waals surface area contributed by atoms with Crippen molar-refractivity contribution in [3.63, 3.8) is 0 Å². The third kappa shape index (κ3) is 2.52. The maximum absolute atomic E-state index is 5.93. The SMILES string of the molecule is CCCn1cc(CC(C)N)c2cc(C)ccc21. The predicted octanol–water partition coefficient (Wildman–Crippen LogP) is 3.25. The fraction of sp³-hybridized carbons (Fsp3) is 0.467. The first-order valence-corrected chi connectivity index (χ1v) is 6.45. The predicted molar refractivity (Wildman–Crippen MR) is 74.3 cm³/mol. The number of fused-ring (bicyclic) bond motifs is 1. The lowest BCUT2D eigenvalue weighted by molar-refractivity contribution is 0.692. The Bertz CT molecular complexity index is 509. The second kappa shape index (κ2) is 4.92. The Labute approximate surface area is 103 Å². The van der Waals surface area contributed by atoms with E-state index in [1.54, 1.807) is 0 Å². The molecule has 0 aliphatic rings. The third-order valence-electron chi connectivity index (χ3n) is 3.13. The minimum Gasteiger partial charge on any atom is -0.347 e. The highest BCUT2D eigenvalue weighted by atomic mass is 15.0. The van der Waals surface area contributed by atoms with Gasteiger partial charge in [-0.2, -0.15) is 0 Å². The Morgan fingerprint density at radius 1 is 1.35 bits per heavy atom. The van der Waals surface area contributed by atoms with E-state index in [-0.39, 0.29) is 6.04 Å². The summed E-state index contributed by atoms with van der Waals surface area (Å²) in [6.07, 6.45) is 4.39. The maximum Gasteiger partial charge on any atom is 0.0483 e. The Kier molecular flexibility index (Phi) is 3.53. The Hall–Kier alpha value is -1.28. The van der Waals surface area contributed by atoms with Crippen molar-refractivity contribution in [3.05, 3.63) is 35.5 Å². The molecular weight excluding hydrogens is 208 g/mol. The van der Waals surface area contributed by atoms with Crippen molar-refractivity contribution >= 4 is 10.9 Å². The molecule has 0 saturated carbocycles. The second-order valence-electron chi connectivity index (χ2n) is 5.05. The molecule has 1 unspecified atom stereocenters. The topological polar surface area (TPSA) is 30.9 Å². The largest absolute Gasteiger partial charge is 0.347 e. The first-order valence-electron chi connectivity index (χ1n) is 6.45. The van der Waals surface area contributed by atoms with Crippen molar-refractivity contribution in [3.8, 4) is 0 Å². The number of rotatable bonds is 4. The first-order chi connectivity index (χ1) is 8.11. The summed E-state index contributed by atoms with van der Waals surface area (Å²) in [7, 11) is 0. The molecule has 0 saturated heterocycles. The molecule has 2 N–H and O–H groups in total. The molecule has 0 bridgehead atoms. The van der Waals surface area contributed by atoms with Crippen LogP contribution in [0.15, 0.2) is 24.4 Å². The third-order valence-corrected chi connectivity index (χ3v) is 3.13. The van der Waals surface area contributed by atoms with Crippen LogP contribution in [0.3, 0.4) is 0 Å². The summed E-state index contributed by atoms with van der Waals surface area (Å²) >= 11 is 0. The van der Waals surface area contributed by atoms with E-state index in [2.05, 4.69) is 49.7 Å². The molecule has 17 heavy (non-hydrogen) atoms. The van der Waals surface area contributed by atoms with Gasteiger partial charge in [-0.3, -0.25) is 0 Å². The lowest BCUT2D eigenvalue weighted by atomic mass is 10.1. The van der Waals surface area contributed by atoms with Gasteiger partial charge in [-0.15, -0.1) is 0 Å². The minimum atomic E-state index is 0.219. The lowest BCUT2D eigenvalue weighted by Gasteiger charge is -2.03. The molecule has 1 atom stereocenters. The van der Waals surface area contributed by atoms with Crippen molar-refractivity contribution in [2.45, 2.75) is 46.2 Å². The summed E-state index contributed by atoms with van der Waals surface area (Å²) in [5, 5.41) is 1.37. The van der Waals surface area contributed by atoms with E-state index in [0.717, 1.165) is 19.4 Å². The summed E-state index contributed by atoms with van der Waals surface area (Å²) in [6.45, 7) is 7.51. The Morgan fingerprint density at radius 2 is 2.12 bits per heavy atom. The quantitative estimate of drug-likeness (QED) is 0.858. The van der Waals surface area contributed by atoms with Gasteiger partial charge in [0.2, 0.25) is 0 Å². The molecule has 92 valence electrons. The normalized spacial score (nSPS) is 13.2. The number of aromatic nitrogens is 1. The van der Waals surface area contributed by atoms with Crippen LogP contribution in [-0.2, 0) is 13.0 Å².